The Kier molecular flexibility index (Phi) is 4.28. The van der Waals surface area contributed by atoms with Gasteiger partial charge in [-0.05, 0) is 28.4 Å². The number of thiol groups is 1. The smallest absolute Gasteiger partial charge is 0.278 e. The van der Waals surface area contributed by atoms with Crippen LogP contribution in [0.15, 0.2) is 15.9 Å². The molecule has 0 spiro atoms. The van der Waals surface area contributed by atoms with Crippen LogP contribution >= 0.6 is 39.9 Å². The van der Waals surface area contributed by atoms with Crippen molar-refractivity contribution in [2.75, 3.05) is 13.6 Å². The van der Waals surface area contributed by atoms with E-state index in [1.54, 1.807) is 23.3 Å². The maximum Gasteiger partial charge on any atom is 0.278 e. The Labute approximate surface area is 95.5 Å². The van der Waals surface area contributed by atoms with Gasteiger partial charge in [0.15, 0.2) is 0 Å². The molecule has 0 aliphatic heterocycles. The summed E-state index contributed by atoms with van der Waals surface area (Å²) in [7, 11) is 1.75. The van der Waals surface area contributed by atoms with Gasteiger partial charge in [0.05, 0.1) is 0 Å². The van der Waals surface area contributed by atoms with Gasteiger partial charge >= 0.3 is 0 Å². The molecule has 0 saturated carbocycles. The Morgan fingerprint density at radius 2 is 2.46 bits per heavy atom. The number of carbonyl (C=O) groups excluding carboxylic acids is 1. The molecule has 1 heterocycles. The first-order valence-electron chi connectivity index (χ1n) is 3.76. The van der Waals surface area contributed by atoms with Gasteiger partial charge in [0, 0.05) is 28.3 Å². The largest absolute Gasteiger partial charge is 0.337 e. The average Bonchev–Trinajstić information content (AvgIpc) is 2.47. The third-order valence-corrected chi connectivity index (χ3v) is 3.74. The van der Waals surface area contributed by atoms with Crippen molar-refractivity contribution in [2.24, 2.45) is 0 Å². The topological polar surface area (TPSA) is 20.3 Å². The molecular formula is C8H10BrNOS2. The third-order valence-electron chi connectivity index (χ3n) is 1.64. The average molecular weight is 280 g/mol. The molecule has 0 bridgehead atoms. The highest BCUT2D eigenvalue weighted by Crippen LogP contribution is 2.20. The Hall–Kier alpha value is -0.000000000000000111. The minimum Gasteiger partial charge on any atom is -0.337 e. The lowest BCUT2D eigenvalue weighted by atomic mass is 10.3. The van der Waals surface area contributed by atoms with Gasteiger partial charge in [0.1, 0.15) is 0 Å². The van der Waals surface area contributed by atoms with Crippen molar-refractivity contribution in [1.82, 2.24) is 4.90 Å². The van der Waals surface area contributed by atoms with Crippen molar-refractivity contribution < 1.29 is 4.79 Å². The van der Waals surface area contributed by atoms with Gasteiger partial charge in [-0.2, -0.15) is 0 Å². The number of thiophene rings is 1. The monoisotopic (exact) mass is 279 g/mol. The molecule has 0 aliphatic rings. The molecule has 0 aliphatic carbocycles. The molecule has 13 heavy (non-hydrogen) atoms. The molecular weight excluding hydrogens is 270 g/mol. The van der Waals surface area contributed by atoms with Gasteiger partial charge in [-0.1, -0.05) is 12.6 Å². The van der Waals surface area contributed by atoms with Crippen LogP contribution in [-0.2, 0) is 6.42 Å². The number of halogens is 1. The molecule has 0 atom stereocenters. The van der Waals surface area contributed by atoms with E-state index in [1.807, 2.05) is 5.38 Å². The summed E-state index contributed by atoms with van der Waals surface area (Å²) in [6, 6.07) is 2.07. The van der Waals surface area contributed by atoms with Crippen LogP contribution in [-0.4, -0.2) is 23.7 Å². The van der Waals surface area contributed by atoms with Crippen LogP contribution in [0.2, 0.25) is 0 Å². The zero-order valence-electron chi connectivity index (χ0n) is 7.16. The van der Waals surface area contributed by atoms with E-state index in [0.29, 0.717) is 0 Å². The Morgan fingerprint density at radius 3 is 2.92 bits per heavy atom. The number of hydrogen-bond acceptors (Lipinski definition) is 2. The Bertz CT molecular complexity index is 300. The third kappa shape index (κ3) is 3.70. The van der Waals surface area contributed by atoms with Crippen LogP contribution in [0, 0.1) is 0 Å². The van der Waals surface area contributed by atoms with E-state index in [9.17, 15) is 4.79 Å². The highest BCUT2D eigenvalue weighted by atomic mass is 79.9. The second-order valence-electron chi connectivity index (χ2n) is 2.69. The van der Waals surface area contributed by atoms with E-state index < -0.39 is 0 Å². The van der Waals surface area contributed by atoms with E-state index in [2.05, 4.69) is 34.6 Å². The lowest BCUT2D eigenvalue weighted by molar-refractivity contribution is 0.234. The second-order valence-corrected chi connectivity index (χ2v) is 4.98. The normalized spacial score (nSPS) is 10.1. The molecule has 0 radical (unpaired) electrons. The molecule has 1 amide bonds. The van der Waals surface area contributed by atoms with Crippen LogP contribution in [0.5, 0.6) is 0 Å². The van der Waals surface area contributed by atoms with Crippen LogP contribution in [0.25, 0.3) is 0 Å². The van der Waals surface area contributed by atoms with Gasteiger partial charge in [-0.15, -0.1) is 11.3 Å². The summed E-state index contributed by atoms with van der Waals surface area (Å²) in [5.41, 5.74) is 0. The van der Waals surface area contributed by atoms with E-state index in [4.69, 9.17) is 0 Å². The molecule has 0 saturated heterocycles. The molecule has 0 fully saturated rings. The predicted molar refractivity (Wildman–Crippen MR) is 62.7 cm³/mol. The second kappa shape index (κ2) is 5.02. The number of nitrogens with zero attached hydrogens (tertiary/aromatic N) is 1. The molecule has 1 aromatic heterocycles. The molecule has 0 N–H and O–H groups in total. The van der Waals surface area contributed by atoms with Crippen molar-refractivity contribution in [2.45, 2.75) is 6.42 Å². The van der Waals surface area contributed by atoms with Gasteiger partial charge in [-0.25, -0.2) is 0 Å². The summed E-state index contributed by atoms with van der Waals surface area (Å²) < 4.78 is 1.10. The summed E-state index contributed by atoms with van der Waals surface area (Å²) in [5, 5.41) is 1.85. The minimum atomic E-state index is -0.185. The Morgan fingerprint density at radius 1 is 1.77 bits per heavy atom. The van der Waals surface area contributed by atoms with Gasteiger partial charge in [0.25, 0.3) is 5.24 Å². The summed E-state index contributed by atoms with van der Waals surface area (Å²) in [5.74, 6) is 0. The van der Waals surface area contributed by atoms with Crippen LogP contribution in [0.4, 0.5) is 4.79 Å². The van der Waals surface area contributed by atoms with Gasteiger partial charge < -0.3 is 4.90 Å². The molecule has 0 aromatic carbocycles. The fraction of sp³-hybridized carbons (Fsp3) is 0.375. The van der Waals surface area contributed by atoms with Crippen LogP contribution in [0.1, 0.15) is 4.88 Å². The summed E-state index contributed by atoms with van der Waals surface area (Å²) in [6.07, 6.45) is 0.888. The van der Waals surface area contributed by atoms with Crippen LogP contribution in [0.3, 0.4) is 0 Å². The quantitative estimate of drug-likeness (QED) is 0.844. The predicted octanol–water partition coefficient (Wildman–Crippen LogP) is 3.03. The summed E-state index contributed by atoms with van der Waals surface area (Å²) in [6.45, 7) is 0.718. The number of amides is 1. The maximum atomic E-state index is 10.8. The van der Waals surface area contributed by atoms with Crippen LogP contribution < -0.4 is 0 Å². The first-order valence-corrected chi connectivity index (χ1v) is 5.88. The highest BCUT2D eigenvalue weighted by molar-refractivity contribution is 9.10. The van der Waals surface area contributed by atoms with Crippen molar-refractivity contribution in [3.8, 4) is 0 Å². The van der Waals surface area contributed by atoms with Crippen molar-refractivity contribution in [1.29, 1.82) is 0 Å². The SMILES string of the molecule is CN(CCc1cc(Br)cs1)C(=O)S. The fourth-order valence-corrected chi connectivity index (χ4v) is 2.40. The number of likely N-dealkylation sites (N-methyl/N-ethyl adjacent to an activating group) is 1. The van der Waals surface area contributed by atoms with E-state index in [-0.39, 0.29) is 5.24 Å². The fourth-order valence-electron chi connectivity index (χ4n) is 0.858. The van der Waals surface area contributed by atoms with Crippen molar-refractivity contribution >= 4 is 45.1 Å². The van der Waals surface area contributed by atoms with Gasteiger partial charge in [-0.3, -0.25) is 4.79 Å². The first kappa shape index (κ1) is 11.1. The molecule has 1 rings (SSSR count). The zero-order chi connectivity index (χ0) is 9.84. The molecule has 1 aromatic rings. The standard InChI is InChI=1S/C8H10BrNOS2/c1-10(8(11)12)3-2-7-4-6(9)5-13-7/h4-5H,2-3H2,1H3,(H,11,12). The number of hydrogen-bond donors (Lipinski definition) is 1. The summed E-state index contributed by atoms with van der Waals surface area (Å²) >= 11 is 8.80. The van der Waals surface area contributed by atoms with Gasteiger partial charge in [0.2, 0.25) is 0 Å². The minimum absolute atomic E-state index is 0.185. The van der Waals surface area contributed by atoms with Crippen molar-refractivity contribution in [3.63, 3.8) is 0 Å². The van der Waals surface area contributed by atoms with E-state index in [0.717, 1.165) is 17.4 Å². The lowest BCUT2D eigenvalue weighted by Crippen LogP contribution is -2.23. The Balaban J connectivity index is 2.39. The first-order chi connectivity index (χ1) is 6.09. The molecule has 2 nitrogen and oxygen atoms in total. The molecule has 72 valence electrons. The van der Waals surface area contributed by atoms with E-state index >= 15 is 0 Å². The zero-order valence-corrected chi connectivity index (χ0v) is 10.5. The van der Waals surface area contributed by atoms with Crippen molar-refractivity contribution in [3.05, 3.63) is 20.8 Å². The molecule has 0 unspecified atom stereocenters. The summed E-state index contributed by atoms with van der Waals surface area (Å²) in [4.78, 5) is 13.6. The number of rotatable bonds is 3. The highest BCUT2D eigenvalue weighted by Gasteiger charge is 2.04. The molecule has 5 heteroatoms. The van der Waals surface area contributed by atoms with E-state index in [1.165, 1.54) is 4.88 Å². The lowest BCUT2D eigenvalue weighted by Gasteiger charge is -2.12. The maximum absolute atomic E-state index is 10.8. The number of carbonyl (C=O) groups is 1.